The molecule has 0 aliphatic heterocycles. The van der Waals surface area contributed by atoms with Crippen LogP contribution in [-0.2, 0) is 13.6 Å². The van der Waals surface area contributed by atoms with Gasteiger partial charge in [0.05, 0.1) is 17.8 Å². The zero-order chi connectivity index (χ0) is 14.1. The maximum absolute atomic E-state index is 4.59. The predicted octanol–water partition coefficient (Wildman–Crippen LogP) is 4.26. The largest absolute Gasteiger partial charge is 0.378 e. The minimum Gasteiger partial charge on any atom is -0.378 e. The molecule has 0 unspecified atom stereocenters. The fourth-order valence-corrected chi connectivity index (χ4v) is 3.00. The quantitative estimate of drug-likeness (QED) is 0.778. The lowest BCUT2D eigenvalue weighted by molar-refractivity contribution is 0.771. The fourth-order valence-electron chi connectivity index (χ4n) is 2.36. The van der Waals surface area contributed by atoms with Crippen molar-refractivity contribution in [2.45, 2.75) is 13.5 Å². The number of para-hydroxylation sites is 1. The highest BCUT2D eigenvalue weighted by Gasteiger charge is 2.08. The highest BCUT2D eigenvalue weighted by molar-refractivity contribution is 9.10. The van der Waals surface area contributed by atoms with Gasteiger partial charge in [0.25, 0.3) is 0 Å². The predicted molar refractivity (Wildman–Crippen MR) is 86.9 cm³/mol. The number of fused-ring (bicyclic) bond motifs is 1. The van der Waals surface area contributed by atoms with Gasteiger partial charge in [0.2, 0.25) is 0 Å². The molecule has 2 aromatic carbocycles. The van der Waals surface area contributed by atoms with E-state index in [2.05, 4.69) is 69.7 Å². The van der Waals surface area contributed by atoms with E-state index < -0.39 is 0 Å². The number of rotatable bonds is 3. The van der Waals surface area contributed by atoms with Crippen LogP contribution in [0.1, 0.15) is 11.3 Å². The molecule has 1 heterocycles. The second-order valence-corrected chi connectivity index (χ2v) is 5.78. The molecule has 3 nitrogen and oxygen atoms in total. The zero-order valence-electron chi connectivity index (χ0n) is 11.5. The summed E-state index contributed by atoms with van der Waals surface area (Å²) >= 11 is 3.59. The molecule has 102 valence electrons. The molecule has 3 aromatic rings. The van der Waals surface area contributed by atoms with E-state index >= 15 is 0 Å². The van der Waals surface area contributed by atoms with Crippen LogP contribution >= 0.6 is 15.9 Å². The molecule has 0 aliphatic carbocycles. The number of aromatic nitrogens is 2. The van der Waals surface area contributed by atoms with E-state index in [9.17, 15) is 0 Å². The van der Waals surface area contributed by atoms with Gasteiger partial charge in [0.15, 0.2) is 0 Å². The highest BCUT2D eigenvalue weighted by atomic mass is 79.9. The summed E-state index contributed by atoms with van der Waals surface area (Å²) in [6, 6.07) is 14.6. The summed E-state index contributed by atoms with van der Waals surface area (Å²) in [4.78, 5) is 0. The van der Waals surface area contributed by atoms with Crippen LogP contribution in [0.5, 0.6) is 0 Å². The van der Waals surface area contributed by atoms with Gasteiger partial charge in [-0.3, -0.25) is 4.68 Å². The molecule has 0 atom stereocenters. The summed E-state index contributed by atoms with van der Waals surface area (Å²) in [5.41, 5.74) is 4.55. The summed E-state index contributed by atoms with van der Waals surface area (Å²) in [5.74, 6) is 0. The van der Waals surface area contributed by atoms with E-state index in [1.54, 1.807) is 0 Å². The normalized spacial score (nSPS) is 10.9. The number of hydrogen-bond donors (Lipinski definition) is 1. The number of hydrogen-bond acceptors (Lipinski definition) is 2. The molecule has 0 spiro atoms. The summed E-state index contributed by atoms with van der Waals surface area (Å²) in [6.45, 7) is 2.80. The molecule has 0 amide bonds. The van der Waals surface area contributed by atoms with E-state index in [1.165, 1.54) is 10.9 Å². The monoisotopic (exact) mass is 329 g/mol. The Hall–Kier alpha value is -1.81. The lowest BCUT2D eigenvalue weighted by Crippen LogP contribution is -2.02. The van der Waals surface area contributed by atoms with Crippen LogP contribution in [0.15, 0.2) is 46.9 Å². The molecule has 0 bridgehead atoms. The van der Waals surface area contributed by atoms with Crippen molar-refractivity contribution in [2.24, 2.45) is 7.05 Å². The topological polar surface area (TPSA) is 29.9 Å². The first kappa shape index (κ1) is 13.2. The highest BCUT2D eigenvalue weighted by Crippen LogP contribution is 2.25. The molecular weight excluding hydrogens is 314 g/mol. The van der Waals surface area contributed by atoms with Crippen molar-refractivity contribution < 1.29 is 0 Å². The number of halogens is 1. The minimum absolute atomic E-state index is 0.711. The molecule has 3 rings (SSSR count). The van der Waals surface area contributed by atoms with Gasteiger partial charge in [-0.25, -0.2) is 0 Å². The first-order chi connectivity index (χ1) is 9.65. The fraction of sp³-hybridized carbons (Fsp3) is 0.188. The Morgan fingerprint density at radius 1 is 1.20 bits per heavy atom. The van der Waals surface area contributed by atoms with Crippen molar-refractivity contribution in [3.8, 4) is 0 Å². The Morgan fingerprint density at radius 2 is 2.00 bits per heavy atom. The second kappa shape index (κ2) is 5.29. The summed E-state index contributed by atoms with van der Waals surface area (Å²) in [6.07, 6.45) is 0. The van der Waals surface area contributed by atoms with Gasteiger partial charge >= 0.3 is 0 Å². The first-order valence-corrected chi connectivity index (χ1v) is 7.35. The summed E-state index contributed by atoms with van der Waals surface area (Å²) in [5, 5.41) is 9.23. The van der Waals surface area contributed by atoms with Crippen molar-refractivity contribution in [3.05, 3.63) is 58.2 Å². The van der Waals surface area contributed by atoms with Gasteiger partial charge in [-0.15, -0.1) is 0 Å². The second-order valence-electron chi connectivity index (χ2n) is 4.92. The van der Waals surface area contributed by atoms with Crippen LogP contribution in [0.3, 0.4) is 0 Å². The standard InChI is InChI=1S/C16H16BrN3/c1-11-7-8-14(13(17)9-11)18-10-15-12-5-3-4-6-16(12)20(2)19-15/h3-9,18H,10H2,1-2H3. The van der Waals surface area contributed by atoms with Crippen molar-refractivity contribution in [2.75, 3.05) is 5.32 Å². The van der Waals surface area contributed by atoms with Crippen LogP contribution in [0.2, 0.25) is 0 Å². The van der Waals surface area contributed by atoms with E-state index in [4.69, 9.17) is 0 Å². The third-order valence-corrected chi connectivity index (χ3v) is 4.06. The van der Waals surface area contributed by atoms with Crippen molar-refractivity contribution in [1.29, 1.82) is 0 Å². The Labute approximate surface area is 126 Å². The molecule has 0 fully saturated rings. The molecule has 1 aromatic heterocycles. The Bertz CT molecular complexity index is 762. The van der Waals surface area contributed by atoms with Crippen LogP contribution < -0.4 is 5.32 Å². The van der Waals surface area contributed by atoms with Gasteiger partial charge in [0, 0.05) is 22.6 Å². The van der Waals surface area contributed by atoms with E-state index in [0.717, 1.165) is 21.4 Å². The van der Waals surface area contributed by atoms with E-state index in [-0.39, 0.29) is 0 Å². The lowest BCUT2D eigenvalue weighted by atomic mass is 10.2. The van der Waals surface area contributed by atoms with Crippen molar-refractivity contribution >= 4 is 32.5 Å². The maximum atomic E-state index is 4.59. The maximum Gasteiger partial charge on any atom is 0.0894 e. The molecule has 20 heavy (non-hydrogen) atoms. The van der Waals surface area contributed by atoms with Gasteiger partial charge in [-0.2, -0.15) is 5.10 Å². The van der Waals surface area contributed by atoms with Crippen LogP contribution in [0.25, 0.3) is 10.9 Å². The van der Waals surface area contributed by atoms with E-state index in [0.29, 0.717) is 6.54 Å². The van der Waals surface area contributed by atoms with Crippen molar-refractivity contribution in [1.82, 2.24) is 9.78 Å². The number of anilines is 1. The number of aryl methyl sites for hydroxylation is 2. The Morgan fingerprint density at radius 3 is 2.80 bits per heavy atom. The number of nitrogens with one attached hydrogen (secondary N) is 1. The molecule has 0 saturated heterocycles. The average Bonchev–Trinajstić information content (AvgIpc) is 2.75. The van der Waals surface area contributed by atoms with Crippen LogP contribution in [0, 0.1) is 6.92 Å². The molecule has 4 heteroatoms. The van der Waals surface area contributed by atoms with Crippen molar-refractivity contribution in [3.63, 3.8) is 0 Å². The first-order valence-electron chi connectivity index (χ1n) is 6.56. The number of benzene rings is 2. The Balaban J connectivity index is 1.87. The van der Waals surface area contributed by atoms with E-state index in [1.807, 2.05) is 17.8 Å². The summed E-state index contributed by atoms with van der Waals surface area (Å²) < 4.78 is 3.01. The lowest BCUT2D eigenvalue weighted by Gasteiger charge is -2.08. The van der Waals surface area contributed by atoms with Gasteiger partial charge in [-0.05, 0) is 46.6 Å². The average molecular weight is 330 g/mol. The van der Waals surface area contributed by atoms with Crippen LogP contribution in [-0.4, -0.2) is 9.78 Å². The molecule has 1 N–H and O–H groups in total. The molecular formula is C16H16BrN3. The summed E-state index contributed by atoms with van der Waals surface area (Å²) in [7, 11) is 1.98. The molecule has 0 aliphatic rings. The van der Waals surface area contributed by atoms with Gasteiger partial charge < -0.3 is 5.32 Å². The third-order valence-electron chi connectivity index (χ3n) is 3.41. The van der Waals surface area contributed by atoms with Crippen LogP contribution in [0.4, 0.5) is 5.69 Å². The molecule has 0 radical (unpaired) electrons. The number of nitrogens with zero attached hydrogens (tertiary/aromatic N) is 2. The zero-order valence-corrected chi connectivity index (χ0v) is 13.1. The molecule has 0 saturated carbocycles. The third kappa shape index (κ3) is 2.43. The van der Waals surface area contributed by atoms with Gasteiger partial charge in [-0.1, -0.05) is 24.3 Å². The Kier molecular flexibility index (Phi) is 3.49. The minimum atomic E-state index is 0.711. The smallest absolute Gasteiger partial charge is 0.0894 e. The van der Waals surface area contributed by atoms with Gasteiger partial charge in [0.1, 0.15) is 0 Å². The SMILES string of the molecule is Cc1ccc(NCc2nn(C)c3ccccc23)c(Br)c1.